The standard InChI is InChI=1S/C23H16F3N3O3S/c1-13-18(11-14-3-5-16(6-4-14)21(31)32-2)20(30)29(28-13)22-27-19(12-33-22)15-7-9-17(10-8-15)23(24,25)26/h3-12H,1-2H3/b18-11+. The zero-order valence-electron chi connectivity index (χ0n) is 17.4. The Kier molecular flexibility index (Phi) is 5.86. The summed E-state index contributed by atoms with van der Waals surface area (Å²) in [6, 6.07) is 11.2. The average Bonchev–Trinajstić information content (AvgIpc) is 3.39. The van der Waals surface area contributed by atoms with E-state index in [1.54, 1.807) is 42.6 Å². The SMILES string of the molecule is COC(=O)c1ccc(/C=C2/C(=O)N(c3nc(-c4ccc(C(F)(F)F)cc4)cs3)N=C2C)cc1. The largest absolute Gasteiger partial charge is 0.465 e. The number of carbonyl (C=O) groups is 2. The minimum Gasteiger partial charge on any atom is -0.465 e. The number of esters is 1. The van der Waals surface area contributed by atoms with Crippen LogP contribution in [-0.2, 0) is 15.7 Å². The molecule has 2 heterocycles. The van der Waals surface area contributed by atoms with Gasteiger partial charge in [-0.2, -0.15) is 23.3 Å². The molecular weight excluding hydrogens is 455 g/mol. The van der Waals surface area contributed by atoms with Crippen molar-refractivity contribution in [2.75, 3.05) is 12.1 Å². The Balaban J connectivity index is 1.55. The van der Waals surface area contributed by atoms with E-state index in [-0.39, 0.29) is 5.91 Å². The molecule has 1 amide bonds. The van der Waals surface area contributed by atoms with Gasteiger partial charge in [0.1, 0.15) is 0 Å². The summed E-state index contributed by atoms with van der Waals surface area (Å²) in [4.78, 5) is 28.9. The van der Waals surface area contributed by atoms with Gasteiger partial charge in [-0.3, -0.25) is 4.79 Å². The fraction of sp³-hybridized carbons (Fsp3) is 0.130. The molecule has 2 aromatic carbocycles. The summed E-state index contributed by atoms with van der Waals surface area (Å²) in [7, 11) is 1.30. The number of benzene rings is 2. The average molecular weight is 471 g/mol. The first kappa shape index (κ1) is 22.4. The molecule has 0 aliphatic carbocycles. The summed E-state index contributed by atoms with van der Waals surface area (Å²) in [5.74, 6) is -0.833. The van der Waals surface area contributed by atoms with Gasteiger partial charge in [0.05, 0.1) is 35.2 Å². The number of alkyl halides is 3. The maximum absolute atomic E-state index is 13.0. The Labute approximate surface area is 190 Å². The van der Waals surface area contributed by atoms with Crippen molar-refractivity contribution in [2.24, 2.45) is 5.10 Å². The third-order valence-electron chi connectivity index (χ3n) is 4.89. The fourth-order valence-corrected chi connectivity index (χ4v) is 3.92. The molecule has 4 rings (SSSR count). The number of aromatic nitrogens is 1. The summed E-state index contributed by atoms with van der Waals surface area (Å²) in [6.07, 6.45) is -2.76. The number of hydrazone groups is 1. The van der Waals surface area contributed by atoms with E-state index in [4.69, 9.17) is 0 Å². The lowest BCUT2D eigenvalue weighted by Gasteiger charge is -2.08. The maximum atomic E-state index is 13.0. The van der Waals surface area contributed by atoms with E-state index in [2.05, 4.69) is 14.8 Å². The minimum atomic E-state index is -4.41. The van der Waals surface area contributed by atoms with Crippen LogP contribution < -0.4 is 5.01 Å². The monoisotopic (exact) mass is 471 g/mol. The van der Waals surface area contributed by atoms with Crippen molar-refractivity contribution in [1.82, 2.24) is 4.98 Å². The van der Waals surface area contributed by atoms with E-state index < -0.39 is 17.7 Å². The minimum absolute atomic E-state index is 0.304. The number of carbonyl (C=O) groups excluding carboxylic acids is 2. The van der Waals surface area contributed by atoms with Crippen molar-refractivity contribution in [3.8, 4) is 11.3 Å². The molecular formula is C23H16F3N3O3S. The number of nitrogens with zero attached hydrogens (tertiary/aromatic N) is 3. The quantitative estimate of drug-likeness (QED) is 0.376. The predicted molar refractivity (Wildman–Crippen MR) is 119 cm³/mol. The first-order valence-electron chi connectivity index (χ1n) is 9.60. The van der Waals surface area contributed by atoms with E-state index in [0.717, 1.165) is 23.5 Å². The van der Waals surface area contributed by atoms with E-state index in [9.17, 15) is 22.8 Å². The van der Waals surface area contributed by atoms with Crippen LogP contribution in [0.15, 0.2) is 64.6 Å². The normalized spacial score (nSPS) is 15.2. The van der Waals surface area contributed by atoms with Gasteiger partial charge in [-0.1, -0.05) is 24.3 Å². The third-order valence-corrected chi connectivity index (χ3v) is 5.70. The molecule has 1 aliphatic rings. The van der Waals surface area contributed by atoms with Gasteiger partial charge in [0.15, 0.2) is 0 Å². The van der Waals surface area contributed by atoms with E-state index in [0.29, 0.717) is 38.8 Å². The van der Waals surface area contributed by atoms with Gasteiger partial charge >= 0.3 is 12.1 Å². The Morgan fingerprint density at radius 3 is 2.36 bits per heavy atom. The molecule has 0 radical (unpaired) electrons. The smallest absolute Gasteiger partial charge is 0.416 e. The molecule has 168 valence electrons. The van der Waals surface area contributed by atoms with Crippen molar-refractivity contribution in [3.63, 3.8) is 0 Å². The summed E-state index contributed by atoms with van der Waals surface area (Å²) >= 11 is 1.16. The van der Waals surface area contributed by atoms with Gasteiger partial charge in [-0.05, 0) is 42.8 Å². The molecule has 0 spiro atoms. The highest BCUT2D eigenvalue weighted by molar-refractivity contribution is 7.14. The zero-order valence-corrected chi connectivity index (χ0v) is 18.2. The Morgan fingerprint density at radius 2 is 1.76 bits per heavy atom. The predicted octanol–water partition coefficient (Wildman–Crippen LogP) is 5.42. The van der Waals surface area contributed by atoms with Crippen molar-refractivity contribution < 1.29 is 27.5 Å². The first-order valence-corrected chi connectivity index (χ1v) is 10.5. The number of ether oxygens (including phenoxy) is 1. The van der Waals surface area contributed by atoms with E-state index in [1.165, 1.54) is 24.3 Å². The van der Waals surface area contributed by atoms with Crippen LogP contribution >= 0.6 is 11.3 Å². The molecule has 0 fully saturated rings. The summed E-state index contributed by atoms with van der Waals surface area (Å²) < 4.78 is 43.0. The molecule has 10 heteroatoms. The van der Waals surface area contributed by atoms with Crippen LogP contribution in [0.5, 0.6) is 0 Å². The second-order valence-electron chi connectivity index (χ2n) is 7.06. The lowest BCUT2D eigenvalue weighted by Crippen LogP contribution is -2.21. The van der Waals surface area contributed by atoms with Crippen molar-refractivity contribution >= 4 is 40.1 Å². The molecule has 6 nitrogen and oxygen atoms in total. The number of thiazole rings is 1. The van der Waals surface area contributed by atoms with Crippen LogP contribution in [0.3, 0.4) is 0 Å². The number of methoxy groups -OCH3 is 1. The maximum Gasteiger partial charge on any atom is 0.416 e. The Morgan fingerprint density at radius 1 is 1.09 bits per heavy atom. The third kappa shape index (κ3) is 4.56. The fourth-order valence-electron chi connectivity index (χ4n) is 3.14. The van der Waals surface area contributed by atoms with Crippen molar-refractivity contribution in [3.05, 3.63) is 76.2 Å². The molecule has 3 aromatic rings. The van der Waals surface area contributed by atoms with Gasteiger partial charge < -0.3 is 4.74 Å². The van der Waals surface area contributed by atoms with E-state index in [1.807, 2.05) is 0 Å². The molecule has 0 atom stereocenters. The van der Waals surface area contributed by atoms with Crippen molar-refractivity contribution in [1.29, 1.82) is 0 Å². The second kappa shape index (κ2) is 8.62. The molecule has 1 aliphatic heterocycles. The van der Waals surface area contributed by atoms with Gasteiger partial charge in [0.2, 0.25) is 5.13 Å². The highest BCUT2D eigenvalue weighted by atomic mass is 32.1. The van der Waals surface area contributed by atoms with Gasteiger partial charge in [0, 0.05) is 10.9 Å². The van der Waals surface area contributed by atoms with Crippen LogP contribution in [0, 0.1) is 0 Å². The lowest BCUT2D eigenvalue weighted by molar-refractivity contribution is -0.137. The summed E-state index contributed by atoms with van der Waals surface area (Å²) in [5, 5.41) is 7.42. The topological polar surface area (TPSA) is 71.9 Å². The highest BCUT2D eigenvalue weighted by Gasteiger charge is 2.32. The van der Waals surface area contributed by atoms with Crippen LogP contribution in [0.1, 0.15) is 28.4 Å². The highest BCUT2D eigenvalue weighted by Crippen LogP contribution is 2.34. The zero-order chi connectivity index (χ0) is 23.8. The lowest BCUT2D eigenvalue weighted by atomic mass is 10.1. The van der Waals surface area contributed by atoms with Crippen LogP contribution in [0.4, 0.5) is 18.3 Å². The number of amides is 1. The number of hydrogen-bond acceptors (Lipinski definition) is 6. The molecule has 0 N–H and O–H groups in total. The molecule has 1 aromatic heterocycles. The molecule has 0 saturated carbocycles. The molecule has 0 unspecified atom stereocenters. The molecule has 0 bridgehead atoms. The van der Waals surface area contributed by atoms with Crippen LogP contribution in [0.2, 0.25) is 0 Å². The van der Waals surface area contributed by atoms with Gasteiger partial charge in [0.25, 0.3) is 5.91 Å². The summed E-state index contributed by atoms with van der Waals surface area (Å²) in [6.45, 7) is 1.69. The van der Waals surface area contributed by atoms with Gasteiger partial charge in [-0.25, -0.2) is 9.78 Å². The van der Waals surface area contributed by atoms with Crippen LogP contribution in [-0.4, -0.2) is 29.7 Å². The number of anilines is 1. The second-order valence-corrected chi connectivity index (χ2v) is 7.90. The summed E-state index contributed by atoms with van der Waals surface area (Å²) in [5.41, 5.74) is 2.15. The molecule has 33 heavy (non-hydrogen) atoms. The first-order chi connectivity index (χ1) is 15.7. The number of halogens is 3. The molecule has 0 saturated heterocycles. The number of rotatable bonds is 4. The Bertz CT molecular complexity index is 1280. The van der Waals surface area contributed by atoms with Crippen molar-refractivity contribution in [2.45, 2.75) is 13.1 Å². The van der Waals surface area contributed by atoms with Crippen LogP contribution in [0.25, 0.3) is 17.3 Å². The Hall–Kier alpha value is -3.79. The van der Waals surface area contributed by atoms with E-state index >= 15 is 0 Å². The van der Waals surface area contributed by atoms with Gasteiger partial charge in [-0.15, -0.1) is 11.3 Å². The number of hydrogen-bond donors (Lipinski definition) is 0.